The lowest BCUT2D eigenvalue weighted by Gasteiger charge is -2.10. The molecule has 0 aromatic heterocycles. The number of carbonyl (C=O) groups excluding carboxylic acids is 1. The zero-order chi connectivity index (χ0) is 8.43. The Bertz CT molecular complexity index is 155. The monoisotopic (exact) mass is 158 g/mol. The third kappa shape index (κ3) is 1.71. The van der Waals surface area contributed by atoms with Gasteiger partial charge >= 0.3 is 5.97 Å². The summed E-state index contributed by atoms with van der Waals surface area (Å²) < 4.78 is 4.60. The molecule has 1 rings (SSSR count). The van der Waals surface area contributed by atoms with Crippen molar-refractivity contribution in [1.82, 2.24) is 0 Å². The molecule has 0 aromatic rings. The van der Waals surface area contributed by atoms with Gasteiger partial charge in [-0.1, -0.05) is 6.92 Å². The summed E-state index contributed by atoms with van der Waals surface area (Å²) in [7, 11) is 1.39. The van der Waals surface area contributed by atoms with Gasteiger partial charge in [-0.05, 0) is 18.8 Å². The van der Waals surface area contributed by atoms with Gasteiger partial charge in [-0.2, -0.15) is 0 Å². The number of carbonyl (C=O) groups is 1. The van der Waals surface area contributed by atoms with E-state index in [2.05, 4.69) is 4.74 Å². The second kappa shape index (κ2) is 3.22. The SMILES string of the molecule is COC(=O)[C@@H]1C[C@H](O)C[C@H]1C. The molecule has 0 aromatic carbocycles. The minimum absolute atomic E-state index is 0.0880. The van der Waals surface area contributed by atoms with Crippen LogP contribution in [0.1, 0.15) is 19.8 Å². The van der Waals surface area contributed by atoms with Crippen molar-refractivity contribution in [3.8, 4) is 0 Å². The minimum Gasteiger partial charge on any atom is -0.469 e. The molecule has 1 fully saturated rings. The molecule has 0 aliphatic heterocycles. The van der Waals surface area contributed by atoms with Crippen LogP contribution >= 0.6 is 0 Å². The molecule has 1 aliphatic carbocycles. The van der Waals surface area contributed by atoms with Crippen LogP contribution in [0.15, 0.2) is 0 Å². The second-order valence-corrected chi connectivity index (χ2v) is 3.23. The number of hydrogen-bond acceptors (Lipinski definition) is 3. The number of rotatable bonds is 1. The highest BCUT2D eigenvalue weighted by Crippen LogP contribution is 2.32. The van der Waals surface area contributed by atoms with Gasteiger partial charge in [0.05, 0.1) is 19.1 Å². The highest BCUT2D eigenvalue weighted by molar-refractivity contribution is 5.73. The lowest BCUT2D eigenvalue weighted by Crippen LogP contribution is -2.18. The first kappa shape index (κ1) is 8.53. The predicted molar refractivity (Wildman–Crippen MR) is 39.9 cm³/mol. The van der Waals surface area contributed by atoms with E-state index < -0.39 is 0 Å². The van der Waals surface area contributed by atoms with Crippen LogP contribution in [0.25, 0.3) is 0 Å². The second-order valence-electron chi connectivity index (χ2n) is 3.23. The van der Waals surface area contributed by atoms with E-state index in [1.165, 1.54) is 7.11 Å². The smallest absolute Gasteiger partial charge is 0.309 e. The first-order valence-corrected chi connectivity index (χ1v) is 3.91. The number of hydrogen-bond donors (Lipinski definition) is 1. The molecule has 64 valence electrons. The summed E-state index contributed by atoms with van der Waals surface area (Å²) in [6.45, 7) is 1.97. The van der Waals surface area contributed by atoms with Gasteiger partial charge in [0.15, 0.2) is 0 Å². The topological polar surface area (TPSA) is 46.5 Å². The molecule has 3 atom stereocenters. The van der Waals surface area contributed by atoms with Crippen LogP contribution in [0.5, 0.6) is 0 Å². The zero-order valence-corrected chi connectivity index (χ0v) is 6.91. The Hall–Kier alpha value is -0.570. The molecule has 0 saturated heterocycles. The number of esters is 1. The summed E-state index contributed by atoms with van der Waals surface area (Å²) in [6.07, 6.45) is 0.974. The van der Waals surface area contributed by atoms with E-state index in [1.54, 1.807) is 0 Å². The summed E-state index contributed by atoms with van der Waals surface area (Å²) in [5.41, 5.74) is 0. The Labute approximate surface area is 66.4 Å². The van der Waals surface area contributed by atoms with Gasteiger partial charge < -0.3 is 9.84 Å². The zero-order valence-electron chi connectivity index (χ0n) is 6.91. The third-order valence-corrected chi connectivity index (χ3v) is 2.36. The Morgan fingerprint density at radius 1 is 1.55 bits per heavy atom. The van der Waals surface area contributed by atoms with Crippen LogP contribution in [-0.2, 0) is 9.53 Å². The standard InChI is InChI=1S/C8H14O3/c1-5-3-6(9)4-7(5)8(10)11-2/h5-7,9H,3-4H2,1-2H3/t5-,6-,7-/m1/s1. The van der Waals surface area contributed by atoms with E-state index in [0.717, 1.165) is 6.42 Å². The average Bonchev–Trinajstić information content (AvgIpc) is 2.28. The van der Waals surface area contributed by atoms with E-state index in [9.17, 15) is 9.90 Å². The fourth-order valence-corrected chi connectivity index (χ4v) is 1.69. The Balaban J connectivity index is 2.52. The fraction of sp³-hybridized carbons (Fsp3) is 0.875. The van der Waals surface area contributed by atoms with Crippen molar-refractivity contribution < 1.29 is 14.6 Å². The third-order valence-electron chi connectivity index (χ3n) is 2.36. The number of aliphatic hydroxyl groups is 1. The van der Waals surface area contributed by atoms with E-state index in [0.29, 0.717) is 6.42 Å². The van der Waals surface area contributed by atoms with Crippen molar-refractivity contribution in [2.75, 3.05) is 7.11 Å². The van der Waals surface area contributed by atoms with E-state index >= 15 is 0 Å². The van der Waals surface area contributed by atoms with Crippen LogP contribution in [0.3, 0.4) is 0 Å². The lowest BCUT2D eigenvalue weighted by molar-refractivity contribution is -0.146. The van der Waals surface area contributed by atoms with Crippen LogP contribution in [0.2, 0.25) is 0 Å². The minimum atomic E-state index is -0.311. The first-order chi connectivity index (χ1) is 5.15. The predicted octanol–water partition coefficient (Wildman–Crippen LogP) is 0.566. The molecule has 0 bridgehead atoms. The molecule has 1 saturated carbocycles. The summed E-state index contributed by atoms with van der Waals surface area (Å²) in [5.74, 6) is -0.0125. The van der Waals surface area contributed by atoms with Crippen LogP contribution < -0.4 is 0 Å². The quantitative estimate of drug-likeness (QED) is 0.567. The van der Waals surface area contributed by atoms with Crippen molar-refractivity contribution in [1.29, 1.82) is 0 Å². The molecule has 0 heterocycles. The van der Waals surface area contributed by atoms with Gasteiger partial charge in [-0.3, -0.25) is 4.79 Å². The molecular formula is C8H14O3. The Morgan fingerprint density at radius 3 is 2.55 bits per heavy atom. The first-order valence-electron chi connectivity index (χ1n) is 3.91. The van der Waals surface area contributed by atoms with Crippen LogP contribution in [0, 0.1) is 11.8 Å². The molecule has 3 heteroatoms. The van der Waals surface area contributed by atoms with Crippen molar-refractivity contribution in [2.45, 2.75) is 25.9 Å². The lowest BCUT2D eigenvalue weighted by atomic mass is 9.99. The van der Waals surface area contributed by atoms with Gasteiger partial charge in [0.25, 0.3) is 0 Å². The number of ether oxygens (including phenoxy) is 1. The maximum Gasteiger partial charge on any atom is 0.309 e. The van der Waals surface area contributed by atoms with E-state index in [4.69, 9.17) is 0 Å². The molecule has 3 nitrogen and oxygen atoms in total. The van der Waals surface area contributed by atoms with E-state index in [1.807, 2.05) is 6.92 Å². The fourth-order valence-electron chi connectivity index (χ4n) is 1.69. The molecule has 11 heavy (non-hydrogen) atoms. The molecule has 0 unspecified atom stereocenters. The van der Waals surface area contributed by atoms with Gasteiger partial charge in [-0.25, -0.2) is 0 Å². The van der Waals surface area contributed by atoms with E-state index in [-0.39, 0.29) is 23.9 Å². The number of aliphatic hydroxyl groups excluding tert-OH is 1. The molecular weight excluding hydrogens is 144 g/mol. The highest BCUT2D eigenvalue weighted by atomic mass is 16.5. The van der Waals surface area contributed by atoms with Crippen molar-refractivity contribution in [2.24, 2.45) is 11.8 Å². The molecule has 1 N–H and O–H groups in total. The molecule has 0 spiro atoms. The van der Waals surface area contributed by atoms with Gasteiger partial charge in [0.1, 0.15) is 0 Å². The molecule has 0 radical (unpaired) electrons. The highest BCUT2D eigenvalue weighted by Gasteiger charge is 2.35. The van der Waals surface area contributed by atoms with Crippen molar-refractivity contribution in [3.05, 3.63) is 0 Å². The maximum atomic E-state index is 11.0. The van der Waals surface area contributed by atoms with Crippen molar-refractivity contribution >= 4 is 5.97 Å². The van der Waals surface area contributed by atoms with Gasteiger partial charge in [-0.15, -0.1) is 0 Å². The summed E-state index contributed by atoms with van der Waals surface area (Å²) >= 11 is 0. The van der Waals surface area contributed by atoms with Gasteiger partial charge in [0, 0.05) is 0 Å². The number of methoxy groups -OCH3 is 1. The van der Waals surface area contributed by atoms with Crippen LogP contribution in [0.4, 0.5) is 0 Å². The summed E-state index contributed by atoms with van der Waals surface area (Å²) in [5, 5.41) is 9.21. The van der Waals surface area contributed by atoms with Crippen molar-refractivity contribution in [3.63, 3.8) is 0 Å². The maximum absolute atomic E-state index is 11.0. The van der Waals surface area contributed by atoms with Crippen LogP contribution in [-0.4, -0.2) is 24.3 Å². The summed E-state index contributed by atoms with van der Waals surface area (Å²) in [6, 6.07) is 0. The largest absolute Gasteiger partial charge is 0.469 e. The molecule has 1 aliphatic rings. The van der Waals surface area contributed by atoms with Gasteiger partial charge in [0.2, 0.25) is 0 Å². The Morgan fingerprint density at radius 2 is 2.18 bits per heavy atom. The Kier molecular flexibility index (Phi) is 2.49. The average molecular weight is 158 g/mol. The summed E-state index contributed by atoms with van der Waals surface area (Å²) in [4.78, 5) is 11.0. The molecule has 0 amide bonds. The normalized spacial score (nSPS) is 37.2.